The van der Waals surface area contributed by atoms with Gasteiger partial charge in [0.1, 0.15) is 11.5 Å². The van der Waals surface area contributed by atoms with Crippen LogP contribution in [0.15, 0.2) is 47.6 Å². The highest BCUT2D eigenvalue weighted by atomic mass is 16.5. The number of methoxy groups -OCH3 is 1. The number of phenols is 1. The first-order valence-electron chi connectivity index (χ1n) is 8.94. The van der Waals surface area contributed by atoms with Gasteiger partial charge in [-0.1, -0.05) is 17.7 Å². The molecule has 1 aliphatic heterocycles. The molecule has 0 radical (unpaired) electrons. The molecule has 28 heavy (non-hydrogen) atoms. The zero-order valence-corrected chi connectivity index (χ0v) is 15.8. The summed E-state index contributed by atoms with van der Waals surface area (Å²) < 4.78 is 5.17. The Morgan fingerprint density at radius 3 is 2.54 bits per heavy atom. The molecule has 0 saturated heterocycles. The predicted octanol–water partition coefficient (Wildman–Crippen LogP) is 3.25. The minimum absolute atomic E-state index is 0.0813. The summed E-state index contributed by atoms with van der Waals surface area (Å²) in [6.45, 7) is 1.90. The van der Waals surface area contributed by atoms with E-state index in [-0.39, 0.29) is 18.6 Å². The number of nitrogens with zero attached hydrogens (tertiary/aromatic N) is 2. The number of aryl methyl sites for hydroxylation is 1. The number of hydrogen-bond acceptors (Lipinski definition) is 5. The lowest BCUT2D eigenvalue weighted by atomic mass is 9.96. The van der Waals surface area contributed by atoms with E-state index in [4.69, 9.17) is 9.84 Å². The Bertz CT molecular complexity index is 921. The lowest BCUT2D eigenvalue weighted by Gasteiger charge is -2.23. The topological polar surface area (TPSA) is 99.4 Å². The molecule has 0 aliphatic carbocycles. The van der Waals surface area contributed by atoms with Crippen molar-refractivity contribution in [3.05, 3.63) is 59.2 Å². The van der Waals surface area contributed by atoms with Crippen molar-refractivity contribution in [2.75, 3.05) is 7.11 Å². The lowest BCUT2D eigenvalue weighted by Crippen LogP contribution is -2.27. The third kappa shape index (κ3) is 4.14. The second-order valence-electron chi connectivity index (χ2n) is 6.69. The molecule has 0 saturated carbocycles. The second-order valence-corrected chi connectivity index (χ2v) is 6.69. The SMILES string of the molecule is COc1ccc(C2=NN(C(=O)CCC(=O)O)[C@H](c3cc(C)ccc3O)C2)cc1. The number of carbonyl (C=O) groups excluding carboxylic acids is 1. The third-order valence-electron chi connectivity index (χ3n) is 4.68. The molecule has 1 heterocycles. The van der Waals surface area contributed by atoms with Gasteiger partial charge in [-0.3, -0.25) is 9.59 Å². The summed E-state index contributed by atoms with van der Waals surface area (Å²) in [4.78, 5) is 23.5. The van der Waals surface area contributed by atoms with E-state index in [9.17, 15) is 14.7 Å². The minimum atomic E-state index is -1.04. The Labute approximate surface area is 162 Å². The number of carboxylic acids is 1. The van der Waals surface area contributed by atoms with Gasteiger partial charge in [0, 0.05) is 18.4 Å². The Balaban J connectivity index is 1.94. The van der Waals surface area contributed by atoms with E-state index in [0.717, 1.165) is 11.1 Å². The fourth-order valence-electron chi connectivity index (χ4n) is 3.21. The molecular weight excluding hydrogens is 360 g/mol. The second kappa shape index (κ2) is 8.12. The number of ether oxygens (including phenoxy) is 1. The predicted molar refractivity (Wildman–Crippen MR) is 103 cm³/mol. The monoisotopic (exact) mass is 382 g/mol. The van der Waals surface area contributed by atoms with Crippen LogP contribution in [0, 0.1) is 6.92 Å². The van der Waals surface area contributed by atoms with Crippen molar-refractivity contribution in [1.29, 1.82) is 0 Å². The van der Waals surface area contributed by atoms with E-state index in [1.54, 1.807) is 19.2 Å². The number of amides is 1. The largest absolute Gasteiger partial charge is 0.508 e. The number of aliphatic carboxylic acids is 1. The van der Waals surface area contributed by atoms with Crippen LogP contribution in [0.25, 0.3) is 0 Å². The summed E-state index contributed by atoms with van der Waals surface area (Å²) in [5, 5.41) is 25.0. The molecule has 2 N–H and O–H groups in total. The Morgan fingerprint density at radius 1 is 1.18 bits per heavy atom. The zero-order chi connectivity index (χ0) is 20.3. The van der Waals surface area contributed by atoms with Crippen LogP contribution < -0.4 is 4.74 Å². The summed E-state index contributed by atoms with van der Waals surface area (Å²) in [7, 11) is 1.58. The van der Waals surface area contributed by atoms with Gasteiger partial charge in [0.05, 0.1) is 25.3 Å². The van der Waals surface area contributed by atoms with Crippen molar-refractivity contribution in [2.45, 2.75) is 32.2 Å². The van der Waals surface area contributed by atoms with Gasteiger partial charge in [0.2, 0.25) is 5.91 Å². The molecule has 0 aromatic heterocycles. The first-order chi connectivity index (χ1) is 13.4. The van der Waals surface area contributed by atoms with Gasteiger partial charge in [-0.25, -0.2) is 5.01 Å². The smallest absolute Gasteiger partial charge is 0.303 e. The minimum Gasteiger partial charge on any atom is -0.508 e. The van der Waals surface area contributed by atoms with E-state index in [1.165, 1.54) is 5.01 Å². The van der Waals surface area contributed by atoms with Gasteiger partial charge in [-0.05, 0) is 42.8 Å². The highest BCUT2D eigenvalue weighted by Gasteiger charge is 2.34. The summed E-state index contributed by atoms with van der Waals surface area (Å²) in [5.74, 6) is -0.638. The number of aromatic hydroxyl groups is 1. The molecule has 2 aromatic carbocycles. The van der Waals surface area contributed by atoms with Gasteiger partial charge in [-0.15, -0.1) is 0 Å². The molecule has 0 bridgehead atoms. The van der Waals surface area contributed by atoms with Crippen LogP contribution in [-0.2, 0) is 9.59 Å². The number of benzene rings is 2. The number of hydrazone groups is 1. The van der Waals surface area contributed by atoms with Gasteiger partial charge < -0.3 is 14.9 Å². The normalized spacial score (nSPS) is 16.0. The third-order valence-corrected chi connectivity index (χ3v) is 4.68. The molecule has 1 amide bonds. The fraction of sp³-hybridized carbons (Fsp3) is 0.286. The van der Waals surface area contributed by atoms with Crippen LogP contribution in [-0.4, -0.2) is 39.9 Å². The van der Waals surface area contributed by atoms with Gasteiger partial charge >= 0.3 is 5.97 Å². The number of carboxylic acid groups (broad SMARTS) is 1. The summed E-state index contributed by atoms with van der Waals surface area (Å²) in [6, 6.07) is 12.1. The Hall–Kier alpha value is -3.35. The molecule has 1 aliphatic rings. The molecule has 1 atom stereocenters. The van der Waals surface area contributed by atoms with Crippen molar-refractivity contribution in [3.63, 3.8) is 0 Å². The van der Waals surface area contributed by atoms with Gasteiger partial charge in [0.15, 0.2) is 0 Å². The van der Waals surface area contributed by atoms with Crippen molar-refractivity contribution in [1.82, 2.24) is 5.01 Å². The van der Waals surface area contributed by atoms with Crippen LogP contribution >= 0.6 is 0 Å². The molecule has 0 spiro atoms. The van der Waals surface area contributed by atoms with Crippen molar-refractivity contribution >= 4 is 17.6 Å². The maximum Gasteiger partial charge on any atom is 0.303 e. The van der Waals surface area contributed by atoms with Crippen LogP contribution in [0.1, 0.15) is 42.0 Å². The summed E-state index contributed by atoms with van der Waals surface area (Å²) in [5.41, 5.74) is 3.07. The van der Waals surface area contributed by atoms with Crippen LogP contribution in [0.3, 0.4) is 0 Å². The average Bonchev–Trinajstić information content (AvgIpc) is 3.13. The first kappa shape index (κ1) is 19.4. The van der Waals surface area contributed by atoms with Gasteiger partial charge in [-0.2, -0.15) is 5.10 Å². The van der Waals surface area contributed by atoms with Crippen LogP contribution in [0.4, 0.5) is 0 Å². The van der Waals surface area contributed by atoms with Crippen molar-refractivity contribution < 1.29 is 24.5 Å². The molecule has 7 nitrogen and oxygen atoms in total. The molecule has 0 unspecified atom stereocenters. The molecule has 3 rings (SSSR count). The number of phenolic OH excluding ortho intramolecular Hbond substituents is 1. The Morgan fingerprint density at radius 2 is 1.89 bits per heavy atom. The zero-order valence-electron chi connectivity index (χ0n) is 15.8. The Kier molecular flexibility index (Phi) is 5.63. The van der Waals surface area contributed by atoms with E-state index in [1.807, 2.05) is 37.3 Å². The maximum atomic E-state index is 12.7. The number of rotatable bonds is 6. The summed E-state index contributed by atoms with van der Waals surface area (Å²) >= 11 is 0. The highest BCUT2D eigenvalue weighted by molar-refractivity contribution is 6.03. The van der Waals surface area contributed by atoms with E-state index < -0.39 is 17.9 Å². The first-order valence-corrected chi connectivity index (χ1v) is 8.94. The number of hydrogen-bond donors (Lipinski definition) is 2. The number of carbonyl (C=O) groups is 2. The molecule has 2 aromatic rings. The molecule has 0 fully saturated rings. The average molecular weight is 382 g/mol. The quantitative estimate of drug-likeness (QED) is 0.799. The fourth-order valence-corrected chi connectivity index (χ4v) is 3.21. The lowest BCUT2D eigenvalue weighted by molar-refractivity contribution is -0.141. The highest BCUT2D eigenvalue weighted by Crippen LogP contribution is 2.38. The maximum absolute atomic E-state index is 12.7. The van der Waals surface area contributed by atoms with E-state index >= 15 is 0 Å². The molecule has 146 valence electrons. The van der Waals surface area contributed by atoms with Crippen molar-refractivity contribution in [3.8, 4) is 11.5 Å². The van der Waals surface area contributed by atoms with Gasteiger partial charge in [0.25, 0.3) is 0 Å². The van der Waals surface area contributed by atoms with Crippen LogP contribution in [0.2, 0.25) is 0 Å². The molecular formula is C21H22N2O5. The molecule has 7 heteroatoms. The van der Waals surface area contributed by atoms with Crippen molar-refractivity contribution in [2.24, 2.45) is 5.10 Å². The van der Waals surface area contributed by atoms with E-state index in [2.05, 4.69) is 5.10 Å². The van der Waals surface area contributed by atoms with Crippen LogP contribution in [0.5, 0.6) is 11.5 Å². The van der Waals surface area contributed by atoms with E-state index in [0.29, 0.717) is 23.4 Å². The standard InChI is InChI=1S/C21H22N2O5/c1-13-3-8-19(24)16(11-13)18-12-17(14-4-6-15(28-2)7-5-14)22-23(18)20(25)9-10-21(26)27/h3-8,11,18,24H,9-10,12H2,1-2H3,(H,26,27)/t18-/m0/s1. The summed E-state index contributed by atoms with van der Waals surface area (Å²) in [6.07, 6.45) is -0.00476.